The molecular formula is C14H23N7. The van der Waals surface area contributed by atoms with Crippen molar-refractivity contribution in [1.82, 2.24) is 30.3 Å². The summed E-state index contributed by atoms with van der Waals surface area (Å²) in [5, 5.41) is 15.2. The lowest BCUT2D eigenvalue weighted by molar-refractivity contribution is 0.439. The molecule has 0 radical (unpaired) electrons. The van der Waals surface area contributed by atoms with E-state index in [9.17, 15) is 0 Å². The van der Waals surface area contributed by atoms with Crippen LogP contribution in [0.1, 0.15) is 24.2 Å². The molecule has 1 saturated heterocycles. The summed E-state index contributed by atoms with van der Waals surface area (Å²) in [5.74, 6) is 1.60. The van der Waals surface area contributed by atoms with Crippen LogP contribution in [-0.4, -0.2) is 51.1 Å². The minimum absolute atomic E-state index is 0.613. The third kappa shape index (κ3) is 2.53. The van der Waals surface area contributed by atoms with E-state index in [4.69, 9.17) is 0 Å². The zero-order chi connectivity index (χ0) is 15.0. The van der Waals surface area contributed by atoms with Gasteiger partial charge in [-0.05, 0) is 33.7 Å². The fraction of sp³-hybridized carbons (Fsp3) is 0.643. The van der Waals surface area contributed by atoms with Crippen LogP contribution >= 0.6 is 0 Å². The van der Waals surface area contributed by atoms with Crippen molar-refractivity contribution in [1.29, 1.82) is 0 Å². The molecule has 0 aliphatic carbocycles. The number of hydrogen-bond acceptors (Lipinski definition) is 5. The summed E-state index contributed by atoms with van der Waals surface area (Å²) in [6.45, 7) is 6.04. The highest BCUT2D eigenvalue weighted by Gasteiger charge is 2.22. The Labute approximate surface area is 124 Å². The number of hydrogen-bond donors (Lipinski definition) is 2. The van der Waals surface area contributed by atoms with Crippen molar-refractivity contribution in [2.75, 3.05) is 25.0 Å². The summed E-state index contributed by atoms with van der Waals surface area (Å²) in [6, 6.07) is 0.613. The minimum Gasteiger partial charge on any atom is -0.339 e. The van der Waals surface area contributed by atoms with Gasteiger partial charge in [0.2, 0.25) is 5.95 Å². The van der Waals surface area contributed by atoms with Crippen LogP contribution in [0.3, 0.4) is 0 Å². The average molecular weight is 289 g/mol. The summed E-state index contributed by atoms with van der Waals surface area (Å²) in [7, 11) is 3.98. The standard InChI is InChI=1S/C14H23N7/c1-9-12(10(2)20(4)19-9)13-16-14(18-17-13)21-7-5-11(15-3)6-8-21/h11,15H,5-8H2,1-4H3,(H,16,17,18). The molecular weight excluding hydrogens is 266 g/mol. The molecule has 0 amide bonds. The van der Waals surface area contributed by atoms with Gasteiger partial charge in [0.05, 0.1) is 11.3 Å². The Balaban J connectivity index is 1.81. The highest BCUT2D eigenvalue weighted by Crippen LogP contribution is 2.25. The molecule has 7 heteroatoms. The van der Waals surface area contributed by atoms with Crippen molar-refractivity contribution in [3.8, 4) is 11.4 Å². The number of nitrogens with zero attached hydrogens (tertiary/aromatic N) is 5. The molecule has 114 valence electrons. The predicted molar refractivity (Wildman–Crippen MR) is 82.4 cm³/mol. The summed E-state index contributed by atoms with van der Waals surface area (Å²) in [5.41, 5.74) is 3.14. The lowest BCUT2D eigenvalue weighted by Crippen LogP contribution is -2.41. The van der Waals surface area contributed by atoms with Crippen molar-refractivity contribution in [2.45, 2.75) is 32.7 Å². The molecule has 2 aromatic rings. The topological polar surface area (TPSA) is 74.7 Å². The number of rotatable bonds is 3. The van der Waals surface area contributed by atoms with Gasteiger partial charge < -0.3 is 10.2 Å². The zero-order valence-corrected chi connectivity index (χ0v) is 13.1. The van der Waals surface area contributed by atoms with E-state index in [1.807, 2.05) is 25.7 Å². The van der Waals surface area contributed by atoms with Gasteiger partial charge >= 0.3 is 0 Å². The first-order chi connectivity index (χ1) is 10.1. The van der Waals surface area contributed by atoms with Gasteiger partial charge in [-0.3, -0.25) is 9.78 Å². The van der Waals surface area contributed by atoms with Gasteiger partial charge in [-0.1, -0.05) is 0 Å². The molecule has 0 spiro atoms. The van der Waals surface area contributed by atoms with Crippen molar-refractivity contribution >= 4 is 5.95 Å². The SMILES string of the molecule is CNC1CCN(c2n[nH]c(-c3c(C)nn(C)c3C)n2)CC1. The largest absolute Gasteiger partial charge is 0.339 e. The van der Waals surface area contributed by atoms with Crippen molar-refractivity contribution in [3.05, 3.63) is 11.4 Å². The van der Waals surface area contributed by atoms with Crippen molar-refractivity contribution in [2.24, 2.45) is 7.05 Å². The summed E-state index contributed by atoms with van der Waals surface area (Å²) < 4.78 is 1.88. The lowest BCUT2D eigenvalue weighted by atomic mass is 10.1. The molecule has 2 N–H and O–H groups in total. The normalized spacial score (nSPS) is 16.7. The van der Waals surface area contributed by atoms with Crippen LogP contribution in [0.25, 0.3) is 11.4 Å². The van der Waals surface area contributed by atoms with E-state index in [1.54, 1.807) is 0 Å². The highest BCUT2D eigenvalue weighted by molar-refractivity contribution is 5.62. The number of piperidine rings is 1. The van der Waals surface area contributed by atoms with Crippen LogP contribution in [0, 0.1) is 13.8 Å². The van der Waals surface area contributed by atoms with E-state index >= 15 is 0 Å². The maximum atomic E-state index is 4.68. The summed E-state index contributed by atoms with van der Waals surface area (Å²) in [6.07, 6.45) is 2.26. The Morgan fingerprint density at radius 3 is 2.52 bits per heavy atom. The number of nitrogens with one attached hydrogen (secondary N) is 2. The van der Waals surface area contributed by atoms with E-state index in [0.717, 1.165) is 54.7 Å². The number of anilines is 1. The predicted octanol–water partition coefficient (Wildman–Crippen LogP) is 1.01. The van der Waals surface area contributed by atoms with Gasteiger partial charge in [0.15, 0.2) is 5.82 Å². The molecule has 3 heterocycles. The third-order valence-electron chi connectivity index (χ3n) is 4.41. The van der Waals surface area contributed by atoms with Gasteiger partial charge in [-0.15, -0.1) is 5.10 Å². The molecule has 3 rings (SSSR count). The first-order valence-corrected chi connectivity index (χ1v) is 7.45. The monoisotopic (exact) mass is 289 g/mol. The van der Waals surface area contributed by atoms with E-state index in [2.05, 4.69) is 37.4 Å². The van der Waals surface area contributed by atoms with Crippen LogP contribution in [0.5, 0.6) is 0 Å². The van der Waals surface area contributed by atoms with Gasteiger partial charge in [-0.2, -0.15) is 10.1 Å². The van der Waals surface area contributed by atoms with Gasteiger partial charge in [0, 0.05) is 31.9 Å². The van der Waals surface area contributed by atoms with Crippen LogP contribution in [0.15, 0.2) is 0 Å². The minimum atomic E-state index is 0.613. The molecule has 1 aliphatic heterocycles. The first-order valence-electron chi connectivity index (χ1n) is 7.45. The summed E-state index contributed by atoms with van der Waals surface area (Å²) in [4.78, 5) is 6.92. The van der Waals surface area contributed by atoms with Gasteiger partial charge in [0.1, 0.15) is 0 Å². The fourth-order valence-electron chi connectivity index (χ4n) is 2.99. The molecule has 0 atom stereocenters. The van der Waals surface area contributed by atoms with E-state index in [-0.39, 0.29) is 0 Å². The van der Waals surface area contributed by atoms with Crippen LogP contribution in [0.4, 0.5) is 5.95 Å². The smallest absolute Gasteiger partial charge is 0.245 e. The molecule has 0 saturated carbocycles. The molecule has 7 nitrogen and oxygen atoms in total. The van der Waals surface area contributed by atoms with Crippen LogP contribution < -0.4 is 10.2 Å². The lowest BCUT2D eigenvalue weighted by Gasteiger charge is -2.30. The van der Waals surface area contributed by atoms with E-state index < -0.39 is 0 Å². The number of aromatic amines is 1. The molecule has 1 fully saturated rings. The third-order valence-corrected chi connectivity index (χ3v) is 4.41. The number of aromatic nitrogens is 5. The molecule has 0 aromatic carbocycles. The Morgan fingerprint density at radius 1 is 1.24 bits per heavy atom. The summed E-state index contributed by atoms with van der Waals surface area (Å²) >= 11 is 0. The molecule has 1 aliphatic rings. The van der Waals surface area contributed by atoms with Crippen molar-refractivity contribution in [3.63, 3.8) is 0 Å². The average Bonchev–Trinajstić information content (AvgIpc) is 3.05. The van der Waals surface area contributed by atoms with Crippen molar-refractivity contribution < 1.29 is 0 Å². The Hall–Kier alpha value is -1.89. The van der Waals surface area contributed by atoms with Gasteiger partial charge in [-0.25, -0.2) is 0 Å². The molecule has 0 bridgehead atoms. The highest BCUT2D eigenvalue weighted by atomic mass is 15.4. The van der Waals surface area contributed by atoms with E-state index in [1.165, 1.54) is 0 Å². The Morgan fingerprint density at radius 2 is 1.95 bits per heavy atom. The Bertz CT molecular complexity index is 619. The Kier molecular flexibility index (Phi) is 3.67. The van der Waals surface area contributed by atoms with Crippen LogP contribution in [0.2, 0.25) is 0 Å². The fourth-order valence-corrected chi connectivity index (χ4v) is 2.99. The zero-order valence-electron chi connectivity index (χ0n) is 13.1. The second kappa shape index (κ2) is 5.48. The molecule has 0 unspecified atom stereocenters. The second-order valence-electron chi connectivity index (χ2n) is 5.70. The first kappa shape index (κ1) is 14.1. The van der Waals surface area contributed by atoms with E-state index in [0.29, 0.717) is 6.04 Å². The van der Waals surface area contributed by atoms with Crippen LogP contribution in [-0.2, 0) is 7.05 Å². The molecule has 2 aromatic heterocycles. The van der Waals surface area contributed by atoms with Gasteiger partial charge in [0.25, 0.3) is 0 Å². The maximum absolute atomic E-state index is 4.68. The number of aryl methyl sites for hydroxylation is 2. The molecule has 21 heavy (non-hydrogen) atoms. The quantitative estimate of drug-likeness (QED) is 0.882. The number of H-pyrrole nitrogens is 1. The maximum Gasteiger partial charge on any atom is 0.245 e. The second-order valence-corrected chi connectivity index (χ2v) is 5.70.